The van der Waals surface area contributed by atoms with Crippen LogP contribution in [0.25, 0.3) is 60.6 Å². The van der Waals surface area contributed by atoms with Gasteiger partial charge >= 0.3 is 0 Å². The van der Waals surface area contributed by atoms with Gasteiger partial charge in [0.2, 0.25) is 5.43 Å². The van der Waals surface area contributed by atoms with Crippen molar-refractivity contribution >= 4 is 43.7 Å². The first-order valence-electron chi connectivity index (χ1n) is 14.3. The summed E-state index contributed by atoms with van der Waals surface area (Å²) in [4.78, 5) is 13.6. The Labute approximate surface area is 238 Å². The van der Waals surface area contributed by atoms with Gasteiger partial charge in [-0.25, -0.2) is 0 Å². The number of para-hydroxylation sites is 2. The molecule has 7 aromatic rings. The van der Waals surface area contributed by atoms with Crippen LogP contribution in [-0.2, 0) is 10.8 Å². The molecule has 200 valence electrons. The Morgan fingerprint density at radius 2 is 1.41 bits per heavy atom. The van der Waals surface area contributed by atoms with E-state index in [9.17, 15) is 4.79 Å². The lowest BCUT2D eigenvalue weighted by Gasteiger charge is -2.21. The Bertz CT molecular complexity index is 2290. The second-order valence-corrected chi connectivity index (χ2v) is 13.0. The minimum atomic E-state index is -0.154. The van der Waals surface area contributed by atoms with E-state index in [0.717, 1.165) is 22.3 Å². The standard InChI is InChI=1S/C38H31NO2/c1-37(2,3)30-15-10-13-26-35(40)25-18-17-22(19-34(25)41-36(26)30)39-32-16-9-7-12-24(32)28-20-27-23-11-6-8-14-29(23)38(4,5)31(27)21-33(28)39/h6-21H,1-5H3. The van der Waals surface area contributed by atoms with Crippen molar-refractivity contribution in [2.24, 2.45) is 0 Å². The van der Waals surface area contributed by atoms with Crippen LogP contribution in [0.15, 0.2) is 106 Å². The number of benzene rings is 5. The minimum absolute atomic E-state index is 0.0125. The van der Waals surface area contributed by atoms with Gasteiger partial charge in [-0.1, -0.05) is 89.2 Å². The first kappa shape index (κ1) is 24.2. The van der Waals surface area contributed by atoms with Crippen LogP contribution in [0.1, 0.15) is 51.3 Å². The first-order valence-corrected chi connectivity index (χ1v) is 14.3. The van der Waals surface area contributed by atoms with Gasteiger partial charge in [0, 0.05) is 33.5 Å². The molecular formula is C38H31NO2. The van der Waals surface area contributed by atoms with Gasteiger partial charge < -0.3 is 8.98 Å². The molecular weight excluding hydrogens is 502 g/mol. The second kappa shape index (κ2) is 7.98. The number of nitrogens with zero attached hydrogens (tertiary/aromatic N) is 1. The van der Waals surface area contributed by atoms with Crippen molar-refractivity contribution in [1.82, 2.24) is 4.57 Å². The fraction of sp³-hybridized carbons (Fsp3) is 0.184. The lowest BCUT2D eigenvalue weighted by atomic mass is 9.82. The maximum atomic E-state index is 13.6. The van der Waals surface area contributed by atoms with Gasteiger partial charge in [-0.05, 0) is 64.1 Å². The fourth-order valence-corrected chi connectivity index (χ4v) is 7.03. The topological polar surface area (TPSA) is 35.1 Å². The van der Waals surface area contributed by atoms with Gasteiger partial charge in [0.15, 0.2) is 0 Å². The molecule has 2 aromatic heterocycles. The highest BCUT2D eigenvalue weighted by Gasteiger charge is 2.36. The van der Waals surface area contributed by atoms with E-state index in [4.69, 9.17) is 4.42 Å². The van der Waals surface area contributed by atoms with E-state index in [-0.39, 0.29) is 16.3 Å². The molecule has 0 unspecified atom stereocenters. The Morgan fingerprint density at radius 3 is 2.24 bits per heavy atom. The fourth-order valence-electron chi connectivity index (χ4n) is 7.03. The highest BCUT2D eigenvalue weighted by molar-refractivity contribution is 6.12. The zero-order valence-electron chi connectivity index (χ0n) is 24.0. The summed E-state index contributed by atoms with van der Waals surface area (Å²) in [5.41, 5.74) is 10.7. The Morgan fingerprint density at radius 1 is 0.659 bits per heavy atom. The Hall–Kier alpha value is -4.63. The number of fused-ring (bicyclic) bond motifs is 8. The van der Waals surface area contributed by atoms with E-state index in [1.807, 2.05) is 24.3 Å². The van der Waals surface area contributed by atoms with Crippen LogP contribution in [0.4, 0.5) is 0 Å². The quantitative estimate of drug-likeness (QED) is 0.197. The van der Waals surface area contributed by atoms with Crippen LogP contribution in [0, 0.1) is 0 Å². The lowest BCUT2D eigenvalue weighted by molar-refractivity contribution is 0.570. The van der Waals surface area contributed by atoms with Gasteiger partial charge in [-0.3, -0.25) is 4.79 Å². The minimum Gasteiger partial charge on any atom is -0.455 e. The maximum Gasteiger partial charge on any atom is 0.200 e. The van der Waals surface area contributed by atoms with Crippen LogP contribution < -0.4 is 5.43 Å². The second-order valence-electron chi connectivity index (χ2n) is 13.0. The van der Waals surface area contributed by atoms with Crippen molar-refractivity contribution in [2.75, 3.05) is 0 Å². The molecule has 0 spiro atoms. The van der Waals surface area contributed by atoms with Crippen molar-refractivity contribution in [3.63, 3.8) is 0 Å². The summed E-state index contributed by atoms with van der Waals surface area (Å²) in [6.07, 6.45) is 0. The molecule has 0 amide bonds. The monoisotopic (exact) mass is 533 g/mol. The van der Waals surface area contributed by atoms with Gasteiger partial charge in [-0.2, -0.15) is 0 Å². The number of rotatable bonds is 1. The van der Waals surface area contributed by atoms with Crippen molar-refractivity contribution in [2.45, 2.75) is 45.4 Å². The molecule has 41 heavy (non-hydrogen) atoms. The molecule has 0 N–H and O–H groups in total. The molecule has 5 aromatic carbocycles. The molecule has 0 fully saturated rings. The molecule has 0 radical (unpaired) electrons. The Balaban J connectivity index is 1.45. The average Bonchev–Trinajstić information content (AvgIpc) is 3.40. The summed E-state index contributed by atoms with van der Waals surface area (Å²) in [5.74, 6) is 0. The van der Waals surface area contributed by atoms with Gasteiger partial charge in [0.1, 0.15) is 11.2 Å². The van der Waals surface area contributed by atoms with Crippen LogP contribution in [0.2, 0.25) is 0 Å². The molecule has 2 heterocycles. The summed E-state index contributed by atoms with van der Waals surface area (Å²) in [5, 5.41) is 3.67. The van der Waals surface area contributed by atoms with Crippen LogP contribution in [0.5, 0.6) is 0 Å². The van der Waals surface area contributed by atoms with Crippen LogP contribution in [-0.4, -0.2) is 4.57 Å². The number of hydrogen-bond acceptors (Lipinski definition) is 2. The molecule has 0 bridgehead atoms. The molecule has 0 atom stereocenters. The average molecular weight is 534 g/mol. The third-order valence-electron chi connectivity index (χ3n) is 9.12. The predicted octanol–water partition coefficient (Wildman–Crippen LogP) is 9.65. The highest BCUT2D eigenvalue weighted by Crippen LogP contribution is 2.51. The largest absolute Gasteiger partial charge is 0.455 e. The molecule has 0 saturated carbocycles. The molecule has 0 aliphatic heterocycles. The number of aromatic nitrogens is 1. The Kier molecular flexibility index (Phi) is 4.71. The molecule has 1 aliphatic rings. The highest BCUT2D eigenvalue weighted by atomic mass is 16.3. The summed E-state index contributed by atoms with van der Waals surface area (Å²) in [6, 6.07) is 34.0. The molecule has 3 nitrogen and oxygen atoms in total. The summed E-state index contributed by atoms with van der Waals surface area (Å²) in [7, 11) is 0. The molecule has 8 rings (SSSR count). The zero-order valence-corrected chi connectivity index (χ0v) is 24.0. The van der Waals surface area contributed by atoms with Gasteiger partial charge in [0.25, 0.3) is 0 Å². The van der Waals surface area contributed by atoms with Gasteiger partial charge in [-0.15, -0.1) is 0 Å². The maximum absolute atomic E-state index is 13.6. The SMILES string of the molecule is CC(C)(C)c1cccc2c(=O)c3ccc(-n4c5ccccc5c5cc6c(cc54)C(C)(C)c4ccccc4-6)cc3oc12. The molecule has 0 saturated heterocycles. The molecule has 1 aliphatic carbocycles. The van der Waals surface area contributed by atoms with E-state index in [1.54, 1.807) is 0 Å². The van der Waals surface area contributed by atoms with E-state index in [1.165, 1.54) is 33.0 Å². The summed E-state index contributed by atoms with van der Waals surface area (Å²) < 4.78 is 8.91. The summed E-state index contributed by atoms with van der Waals surface area (Å²) in [6.45, 7) is 11.1. The predicted molar refractivity (Wildman–Crippen MR) is 171 cm³/mol. The third kappa shape index (κ3) is 3.23. The van der Waals surface area contributed by atoms with Gasteiger partial charge in [0.05, 0.1) is 21.8 Å². The van der Waals surface area contributed by atoms with E-state index in [0.29, 0.717) is 21.9 Å². The number of hydrogen-bond donors (Lipinski definition) is 0. The van der Waals surface area contributed by atoms with Crippen molar-refractivity contribution in [3.05, 3.63) is 124 Å². The molecule has 3 heteroatoms. The third-order valence-corrected chi connectivity index (χ3v) is 9.12. The van der Waals surface area contributed by atoms with E-state index >= 15 is 0 Å². The van der Waals surface area contributed by atoms with Crippen molar-refractivity contribution in [3.8, 4) is 16.8 Å². The lowest BCUT2D eigenvalue weighted by Crippen LogP contribution is -2.15. The van der Waals surface area contributed by atoms with Crippen molar-refractivity contribution < 1.29 is 4.42 Å². The normalized spacial score (nSPS) is 14.3. The van der Waals surface area contributed by atoms with E-state index in [2.05, 4.69) is 112 Å². The first-order chi connectivity index (χ1) is 19.6. The van der Waals surface area contributed by atoms with Crippen LogP contribution in [0.3, 0.4) is 0 Å². The zero-order chi connectivity index (χ0) is 28.3. The van der Waals surface area contributed by atoms with E-state index < -0.39 is 0 Å². The smallest absolute Gasteiger partial charge is 0.200 e. The van der Waals surface area contributed by atoms with Crippen molar-refractivity contribution in [1.29, 1.82) is 0 Å². The van der Waals surface area contributed by atoms with Crippen LogP contribution >= 0.6 is 0 Å². The summed E-state index contributed by atoms with van der Waals surface area (Å²) >= 11 is 0.